The van der Waals surface area contributed by atoms with Gasteiger partial charge >= 0.3 is 0 Å². The SMILES string of the molecule is CNCC1(CN2CC(C)(C)OC(C)(C)C2)CCCC(C)C1. The Balaban J connectivity index is 2.09. The molecule has 3 nitrogen and oxygen atoms in total. The van der Waals surface area contributed by atoms with Gasteiger partial charge in [0.2, 0.25) is 0 Å². The molecular weight excluding hydrogens is 260 g/mol. The van der Waals surface area contributed by atoms with Crippen LogP contribution in [0.3, 0.4) is 0 Å². The van der Waals surface area contributed by atoms with Crippen LogP contribution in [0.2, 0.25) is 0 Å². The van der Waals surface area contributed by atoms with Gasteiger partial charge in [-0.2, -0.15) is 0 Å². The molecule has 0 spiro atoms. The lowest BCUT2D eigenvalue weighted by Gasteiger charge is -2.51. The molecule has 1 aliphatic carbocycles. The van der Waals surface area contributed by atoms with Crippen molar-refractivity contribution < 1.29 is 4.74 Å². The number of hydrogen-bond acceptors (Lipinski definition) is 3. The van der Waals surface area contributed by atoms with E-state index in [2.05, 4.69) is 51.9 Å². The molecule has 3 heteroatoms. The third-order valence-corrected chi connectivity index (χ3v) is 5.06. The van der Waals surface area contributed by atoms with Gasteiger partial charge in [-0.1, -0.05) is 19.8 Å². The Kier molecular flexibility index (Phi) is 5.07. The van der Waals surface area contributed by atoms with Crippen LogP contribution in [-0.2, 0) is 4.74 Å². The predicted octanol–water partition coefficient (Wildman–Crippen LogP) is 3.29. The lowest BCUT2D eigenvalue weighted by Crippen LogP contribution is -2.60. The molecule has 1 aliphatic heterocycles. The standard InChI is InChI=1S/C18H36N2O/c1-15-8-7-9-18(10-15,11-19-6)14-20-12-16(2,3)21-17(4,5)13-20/h15,19H,7-14H2,1-6H3. The Labute approximate surface area is 131 Å². The van der Waals surface area contributed by atoms with E-state index in [1.165, 1.54) is 32.2 Å². The lowest BCUT2D eigenvalue weighted by atomic mass is 9.69. The molecule has 2 fully saturated rings. The summed E-state index contributed by atoms with van der Waals surface area (Å²) in [6.07, 6.45) is 5.54. The Bertz CT molecular complexity index is 333. The number of nitrogens with one attached hydrogen (secondary N) is 1. The van der Waals surface area contributed by atoms with E-state index >= 15 is 0 Å². The smallest absolute Gasteiger partial charge is 0.0760 e. The van der Waals surface area contributed by atoms with Gasteiger partial charge in [0.1, 0.15) is 0 Å². The van der Waals surface area contributed by atoms with Crippen LogP contribution in [0.5, 0.6) is 0 Å². The van der Waals surface area contributed by atoms with Gasteiger partial charge < -0.3 is 10.1 Å². The van der Waals surface area contributed by atoms with Crippen LogP contribution in [0.1, 0.15) is 60.3 Å². The summed E-state index contributed by atoms with van der Waals surface area (Å²) in [4.78, 5) is 2.67. The average molecular weight is 296 g/mol. The van der Waals surface area contributed by atoms with E-state index in [9.17, 15) is 0 Å². The van der Waals surface area contributed by atoms with Gasteiger partial charge in [-0.15, -0.1) is 0 Å². The van der Waals surface area contributed by atoms with E-state index in [4.69, 9.17) is 4.74 Å². The quantitative estimate of drug-likeness (QED) is 0.861. The highest BCUT2D eigenvalue weighted by Crippen LogP contribution is 2.41. The predicted molar refractivity (Wildman–Crippen MR) is 89.7 cm³/mol. The van der Waals surface area contributed by atoms with Crippen molar-refractivity contribution in [3.63, 3.8) is 0 Å². The van der Waals surface area contributed by atoms with Crippen molar-refractivity contribution in [1.82, 2.24) is 10.2 Å². The molecule has 21 heavy (non-hydrogen) atoms. The molecule has 0 amide bonds. The van der Waals surface area contributed by atoms with Crippen molar-refractivity contribution in [2.45, 2.75) is 71.5 Å². The summed E-state index contributed by atoms with van der Waals surface area (Å²) in [5.74, 6) is 0.870. The summed E-state index contributed by atoms with van der Waals surface area (Å²) in [5.41, 5.74) is 0.377. The molecule has 0 bridgehead atoms. The molecule has 0 aromatic rings. The van der Waals surface area contributed by atoms with E-state index in [0.717, 1.165) is 25.6 Å². The molecule has 2 atom stereocenters. The molecule has 0 aromatic heterocycles. The summed E-state index contributed by atoms with van der Waals surface area (Å²) in [5, 5.41) is 3.47. The van der Waals surface area contributed by atoms with Gasteiger partial charge in [0.25, 0.3) is 0 Å². The molecule has 124 valence electrons. The zero-order chi connectivity index (χ0) is 15.7. The van der Waals surface area contributed by atoms with Crippen LogP contribution in [-0.4, -0.2) is 49.3 Å². The molecule has 1 heterocycles. The molecule has 1 N–H and O–H groups in total. The number of nitrogens with zero attached hydrogens (tertiary/aromatic N) is 1. The van der Waals surface area contributed by atoms with Crippen molar-refractivity contribution in [3.05, 3.63) is 0 Å². The first-order valence-corrected chi connectivity index (χ1v) is 8.73. The second-order valence-electron chi connectivity index (χ2n) is 9.00. The highest BCUT2D eigenvalue weighted by atomic mass is 16.5. The van der Waals surface area contributed by atoms with Crippen molar-refractivity contribution in [2.24, 2.45) is 11.3 Å². The van der Waals surface area contributed by atoms with Crippen molar-refractivity contribution in [3.8, 4) is 0 Å². The monoisotopic (exact) mass is 296 g/mol. The van der Waals surface area contributed by atoms with E-state index in [1.807, 2.05) is 0 Å². The topological polar surface area (TPSA) is 24.5 Å². The first-order valence-electron chi connectivity index (χ1n) is 8.73. The summed E-state index contributed by atoms with van der Waals surface area (Å²) in [7, 11) is 2.11. The molecule has 2 unspecified atom stereocenters. The van der Waals surface area contributed by atoms with Gasteiger partial charge in [0.15, 0.2) is 0 Å². The van der Waals surface area contributed by atoms with E-state index in [0.29, 0.717) is 5.41 Å². The average Bonchev–Trinajstić information content (AvgIpc) is 2.23. The van der Waals surface area contributed by atoms with E-state index in [1.54, 1.807) is 0 Å². The lowest BCUT2D eigenvalue weighted by molar-refractivity contribution is -0.186. The maximum Gasteiger partial charge on any atom is 0.0760 e. The van der Waals surface area contributed by atoms with Gasteiger partial charge in [-0.25, -0.2) is 0 Å². The maximum atomic E-state index is 6.24. The van der Waals surface area contributed by atoms with Crippen LogP contribution in [0.25, 0.3) is 0 Å². The molecule has 0 radical (unpaired) electrons. The minimum absolute atomic E-state index is 0.0388. The first kappa shape index (κ1) is 17.2. The zero-order valence-electron chi connectivity index (χ0n) is 15.1. The first-order chi connectivity index (χ1) is 9.65. The van der Waals surface area contributed by atoms with Crippen LogP contribution < -0.4 is 5.32 Å². The minimum atomic E-state index is -0.0388. The maximum absolute atomic E-state index is 6.24. The summed E-state index contributed by atoms with van der Waals surface area (Å²) >= 11 is 0. The number of rotatable bonds is 4. The van der Waals surface area contributed by atoms with E-state index < -0.39 is 0 Å². The Morgan fingerprint density at radius 2 is 1.76 bits per heavy atom. The fraction of sp³-hybridized carbons (Fsp3) is 1.00. The second-order valence-corrected chi connectivity index (χ2v) is 9.00. The molecular formula is C18H36N2O. The van der Waals surface area contributed by atoms with Crippen LogP contribution >= 0.6 is 0 Å². The molecule has 2 rings (SSSR count). The van der Waals surface area contributed by atoms with Gasteiger partial charge in [0.05, 0.1) is 11.2 Å². The largest absolute Gasteiger partial charge is 0.367 e. The van der Waals surface area contributed by atoms with Crippen LogP contribution in [0.4, 0.5) is 0 Å². The van der Waals surface area contributed by atoms with Gasteiger partial charge in [0, 0.05) is 26.2 Å². The fourth-order valence-corrected chi connectivity index (χ4v) is 5.04. The summed E-state index contributed by atoms with van der Waals surface area (Å²) in [6.45, 7) is 15.8. The van der Waals surface area contributed by atoms with Crippen molar-refractivity contribution in [1.29, 1.82) is 0 Å². The Morgan fingerprint density at radius 3 is 2.29 bits per heavy atom. The highest BCUT2D eigenvalue weighted by Gasteiger charge is 2.42. The number of ether oxygens (including phenoxy) is 1. The summed E-state index contributed by atoms with van der Waals surface area (Å²) < 4.78 is 6.24. The minimum Gasteiger partial charge on any atom is -0.367 e. The van der Waals surface area contributed by atoms with E-state index in [-0.39, 0.29) is 11.2 Å². The normalized spacial score (nSPS) is 36.6. The molecule has 0 aromatic carbocycles. The Morgan fingerprint density at radius 1 is 1.14 bits per heavy atom. The zero-order valence-corrected chi connectivity index (χ0v) is 15.1. The van der Waals surface area contributed by atoms with Gasteiger partial charge in [-0.3, -0.25) is 4.90 Å². The number of hydrogen-bond donors (Lipinski definition) is 1. The molecule has 2 aliphatic rings. The Hall–Kier alpha value is -0.120. The summed E-state index contributed by atoms with van der Waals surface area (Å²) in [6, 6.07) is 0. The third kappa shape index (κ3) is 4.67. The van der Waals surface area contributed by atoms with Crippen molar-refractivity contribution in [2.75, 3.05) is 33.2 Å². The van der Waals surface area contributed by atoms with Gasteiger partial charge in [-0.05, 0) is 58.9 Å². The number of morpholine rings is 1. The molecule has 1 saturated heterocycles. The second kappa shape index (κ2) is 6.17. The van der Waals surface area contributed by atoms with Crippen LogP contribution in [0, 0.1) is 11.3 Å². The molecule has 1 saturated carbocycles. The third-order valence-electron chi connectivity index (χ3n) is 5.06. The van der Waals surface area contributed by atoms with Crippen LogP contribution in [0.15, 0.2) is 0 Å². The highest BCUT2D eigenvalue weighted by molar-refractivity contribution is 4.95. The van der Waals surface area contributed by atoms with Crippen molar-refractivity contribution >= 4 is 0 Å². The fourth-order valence-electron chi connectivity index (χ4n) is 5.04.